The van der Waals surface area contributed by atoms with E-state index in [4.69, 9.17) is 4.74 Å². The van der Waals surface area contributed by atoms with Gasteiger partial charge in [-0.1, -0.05) is 0 Å². The van der Waals surface area contributed by atoms with E-state index in [1.54, 1.807) is 0 Å². The first-order valence-electron chi connectivity index (χ1n) is 8.61. The minimum atomic E-state index is -0.424. The molecular weight excluding hydrogens is 312 g/mol. The Morgan fingerprint density at radius 1 is 1.38 bits per heavy atom. The lowest BCUT2D eigenvalue weighted by molar-refractivity contribution is 0.115. The molecule has 0 heterocycles. The lowest BCUT2D eigenvalue weighted by atomic mass is 10.1. The normalized spacial score (nSPS) is 14.8. The zero-order valence-corrected chi connectivity index (χ0v) is 14.5. The van der Waals surface area contributed by atoms with E-state index in [9.17, 15) is 8.78 Å². The highest BCUT2D eigenvalue weighted by molar-refractivity contribution is 5.79. The molecule has 0 amide bonds. The van der Waals surface area contributed by atoms with Gasteiger partial charge in [0.1, 0.15) is 11.6 Å². The molecule has 0 saturated heterocycles. The Bertz CT molecular complexity index is 547. The minimum absolute atomic E-state index is 0.352. The van der Waals surface area contributed by atoms with Crippen molar-refractivity contribution < 1.29 is 13.5 Å². The van der Waals surface area contributed by atoms with Gasteiger partial charge in [-0.3, -0.25) is 4.99 Å². The van der Waals surface area contributed by atoms with Crippen LogP contribution in [0.3, 0.4) is 0 Å². The summed E-state index contributed by atoms with van der Waals surface area (Å²) in [6, 6.07) is 3.51. The van der Waals surface area contributed by atoms with Crippen molar-refractivity contribution in [3.8, 4) is 0 Å². The van der Waals surface area contributed by atoms with Gasteiger partial charge in [0.15, 0.2) is 5.96 Å². The number of likely N-dealkylation sites (N-methyl/N-ethyl adjacent to an activating group) is 1. The van der Waals surface area contributed by atoms with E-state index in [2.05, 4.69) is 10.3 Å². The molecule has 1 aromatic carbocycles. The molecule has 0 aliphatic heterocycles. The molecule has 24 heavy (non-hydrogen) atoms. The minimum Gasteiger partial charge on any atom is -0.379 e. The summed E-state index contributed by atoms with van der Waals surface area (Å²) in [7, 11) is 1.95. The summed E-state index contributed by atoms with van der Waals surface area (Å²) >= 11 is 0. The van der Waals surface area contributed by atoms with E-state index in [-0.39, 0.29) is 0 Å². The molecule has 1 saturated carbocycles. The summed E-state index contributed by atoms with van der Waals surface area (Å²) in [6.45, 7) is 5.40. The Morgan fingerprint density at radius 2 is 2.17 bits per heavy atom. The Kier molecular flexibility index (Phi) is 7.43. The summed E-state index contributed by atoms with van der Waals surface area (Å²) < 4.78 is 32.4. The summed E-state index contributed by atoms with van der Waals surface area (Å²) in [6.07, 6.45) is 2.94. The Labute approximate surface area is 142 Å². The molecule has 4 nitrogen and oxygen atoms in total. The summed E-state index contributed by atoms with van der Waals surface area (Å²) in [5.74, 6) is 0.702. The monoisotopic (exact) mass is 339 g/mol. The van der Waals surface area contributed by atoms with E-state index in [0.717, 1.165) is 43.7 Å². The molecule has 134 valence electrons. The number of rotatable bonds is 9. The number of guanidine groups is 1. The van der Waals surface area contributed by atoms with Gasteiger partial charge in [-0.25, -0.2) is 8.78 Å². The predicted molar refractivity (Wildman–Crippen MR) is 92.2 cm³/mol. The number of hydrogen-bond donors (Lipinski definition) is 1. The smallest absolute Gasteiger partial charge is 0.193 e. The van der Waals surface area contributed by atoms with Crippen LogP contribution in [0.25, 0.3) is 0 Å². The third-order valence-electron chi connectivity index (χ3n) is 3.97. The molecule has 0 radical (unpaired) electrons. The highest BCUT2D eigenvalue weighted by Gasteiger charge is 2.21. The predicted octanol–water partition coefficient (Wildman–Crippen LogP) is 2.83. The van der Waals surface area contributed by atoms with Crippen LogP contribution in [0.2, 0.25) is 0 Å². The van der Waals surface area contributed by atoms with Crippen LogP contribution in [-0.2, 0) is 11.2 Å². The lowest BCUT2D eigenvalue weighted by Crippen LogP contribution is -2.40. The first-order chi connectivity index (χ1) is 11.6. The molecule has 2 rings (SSSR count). The fourth-order valence-corrected chi connectivity index (χ4v) is 2.33. The van der Waals surface area contributed by atoms with Crippen molar-refractivity contribution in [2.75, 3.05) is 39.9 Å². The van der Waals surface area contributed by atoms with Crippen LogP contribution in [0.15, 0.2) is 23.2 Å². The molecule has 1 aliphatic carbocycles. The second-order valence-corrected chi connectivity index (χ2v) is 6.16. The van der Waals surface area contributed by atoms with Gasteiger partial charge in [0.2, 0.25) is 0 Å². The van der Waals surface area contributed by atoms with Gasteiger partial charge in [-0.05, 0) is 55.9 Å². The first-order valence-corrected chi connectivity index (χ1v) is 8.61. The van der Waals surface area contributed by atoms with Gasteiger partial charge in [0.05, 0.1) is 6.61 Å². The standard InChI is InChI=1S/C18H27F2N3O/c1-3-21-18(23(2)10-11-24-13-14-4-5-14)22-9-8-15-12-16(19)6-7-17(15)20/h6-7,12,14H,3-5,8-11,13H2,1-2H3,(H,21,22). The lowest BCUT2D eigenvalue weighted by Gasteiger charge is -2.22. The number of nitrogens with one attached hydrogen (secondary N) is 1. The molecule has 1 fully saturated rings. The largest absolute Gasteiger partial charge is 0.379 e. The van der Waals surface area contributed by atoms with E-state index in [1.165, 1.54) is 18.9 Å². The summed E-state index contributed by atoms with van der Waals surface area (Å²) in [5.41, 5.74) is 0.352. The van der Waals surface area contributed by atoms with Crippen LogP contribution in [0.5, 0.6) is 0 Å². The highest BCUT2D eigenvalue weighted by Crippen LogP contribution is 2.28. The molecule has 1 aromatic rings. The van der Waals surface area contributed by atoms with Crippen molar-refractivity contribution in [3.05, 3.63) is 35.4 Å². The van der Waals surface area contributed by atoms with Crippen LogP contribution in [0, 0.1) is 17.6 Å². The molecular formula is C18H27F2N3O. The van der Waals surface area contributed by atoms with E-state index in [0.29, 0.717) is 25.1 Å². The number of nitrogens with zero attached hydrogens (tertiary/aromatic N) is 2. The highest BCUT2D eigenvalue weighted by atomic mass is 19.1. The number of benzene rings is 1. The van der Waals surface area contributed by atoms with Crippen molar-refractivity contribution >= 4 is 5.96 Å². The fourth-order valence-electron chi connectivity index (χ4n) is 2.33. The maximum absolute atomic E-state index is 13.6. The van der Waals surface area contributed by atoms with Crippen molar-refractivity contribution in [2.45, 2.75) is 26.2 Å². The molecule has 0 bridgehead atoms. The third kappa shape index (κ3) is 6.43. The van der Waals surface area contributed by atoms with Crippen LogP contribution in [0.1, 0.15) is 25.3 Å². The average Bonchev–Trinajstić information content (AvgIpc) is 3.38. The molecule has 1 N–H and O–H groups in total. The zero-order valence-electron chi connectivity index (χ0n) is 14.5. The molecule has 0 unspecified atom stereocenters. The summed E-state index contributed by atoms with van der Waals surface area (Å²) in [4.78, 5) is 6.49. The number of hydrogen-bond acceptors (Lipinski definition) is 2. The van der Waals surface area contributed by atoms with E-state index >= 15 is 0 Å². The second-order valence-electron chi connectivity index (χ2n) is 6.16. The van der Waals surface area contributed by atoms with E-state index in [1.807, 2.05) is 18.9 Å². The third-order valence-corrected chi connectivity index (χ3v) is 3.97. The summed E-state index contributed by atoms with van der Waals surface area (Å²) in [5, 5.41) is 3.21. The van der Waals surface area contributed by atoms with Gasteiger partial charge in [-0.15, -0.1) is 0 Å². The Balaban J connectivity index is 1.80. The van der Waals surface area contributed by atoms with Crippen molar-refractivity contribution in [1.29, 1.82) is 0 Å². The molecule has 0 spiro atoms. The number of halogens is 2. The topological polar surface area (TPSA) is 36.9 Å². The van der Waals surface area contributed by atoms with Crippen molar-refractivity contribution in [3.63, 3.8) is 0 Å². The fraction of sp³-hybridized carbons (Fsp3) is 0.611. The second kappa shape index (κ2) is 9.57. The Hall–Kier alpha value is -1.69. The van der Waals surface area contributed by atoms with Crippen LogP contribution < -0.4 is 5.32 Å². The van der Waals surface area contributed by atoms with Gasteiger partial charge in [-0.2, -0.15) is 0 Å². The van der Waals surface area contributed by atoms with Gasteiger partial charge in [0, 0.05) is 33.3 Å². The van der Waals surface area contributed by atoms with Gasteiger partial charge < -0.3 is 15.0 Å². The molecule has 0 atom stereocenters. The zero-order chi connectivity index (χ0) is 17.4. The number of ether oxygens (including phenoxy) is 1. The maximum Gasteiger partial charge on any atom is 0.193 e. The van der Waals surface area contributed by atoms with Crippen molar-refractivity contribution in [2.24, 2.45) is 10.9 Å². The van der Waals surface area contributed by atoms with Crippen LogP contribution in [-0.4, -0.2) is 50.8 Å². The number of aliphatic imine (C=N–C) groups is 1. The van der Waals surface area contributed by atoms with Crippen molar-refractivity contribution in [1.82, 2.24) is 10.2 Å². The maximum atomic E-state index is 13.6. The molecule has 6 heteroatoms. The van der Waals surface area contributed by atoms with Crippen LogP contribution >= 0.6 is 0 Å². The van der Waals surface area contributed by atoms with Crippen LogP contribution in [0.4, 0.5) is 8.78 Å². The Morgan fingerprint density at radius 3 is 2.88 bits per heavy atom. The molecule has 1 aliphatic rings. The quantitative estimate of drug-likeness (QED) is 0.427. The average molecular weight is 339 g/mol. The van der Waals surface area contributed by atoms with Gasteiger partial charge >= 0.3 is 0 Å². The SMILES string of the molecule is CCNC(=NCCc1cc(F)ccc1F)N(C)CCOCC1CC1. The van der Waals surface area contributed by atoms with E-state index < -0.39 is 11.6 Å². The molecule has 0 aromatic heterocycles. The first kappa shape index (κ1) is 18.6. The van der Waals surface area contributed by atoms with Gasteiger partial charge in [0.25, 0.3) is 0 Å².